The Morgan fingerprint density at radius 1 is 1.22 bits per heavy atom. The summed E-state index contributed by atoms with van der Waals surface area (Å²) in [7, 11) is 2.02. The third-order valence-electron chi connectivity index (χ3n) is 2.97. The first-order valence-corrected chi connectivity index (χ1v) is 5.82. The van der Waals surface area contributed by atoms with Gasteiger partial charge in [0.1, 0.15) is 11.8 Å². The number of benzene rings is 1. The smallest absolute Gasteiger partial charge is 0.140 e. The van der Waals surface area contributed by atoms with Gasteiger partial charge < -0.3 is 4.90 Å². The fourth-order valence-electron chi connectivity index (χ4n) is 1.81. The van der Waals surface area contributed by atoms with Crippen molar-refractivity contribution in [2.45, 2.75) is 13.5 Å². The van der Waals surface area contributed by atoms with Crippen molar-refractivity contribution in [1.29, 1.82) is 5.26 Å². The van der Waals surface area contributed by atoms with Crippen molar-refractivity contribution in [3.05, 3.63) is 59.4 Å². The molecule has 0 amide bonds. The van der Waals surface area contributed by atoms with Crippen molar-refractivity contribution < 1.29 is 0 Å². The van der Waals surface area contributed by atoms with Crippen LogP contribution in [0.5, 0.6) is 0 Å². The predicted octanol–water partition coefficient (Wildman–Crippen LogP) is 2.90. The molecule has 0 N–H and O–H groups in total. The van der Waals surface area contributed by atoms with E-state index in [1.807, 2.05) is 31.3 Å². The first-order chi connectivity index (χ1) is 8.70. The maximum absolute atomic E-state index is 8.71. The van der Waals surface area contributed by atoms with E-state index in [1.165, 1.54) is 11.1 Å². The normalized spacial score (nSPS) is 9.83. The topological polar surface area (TPSA) is 39.9 Å². The van der Waals surface area contributed by atoms with Gasteiger partial charge in [0.05, 0.1) is 11.9 Å². The standard InChI is InChI=1S/C15H15N3/c1-12-5-3-4-6-13(12)11-18(2)15-8-7-14(9-16)17-10-15/h3-8,10H,11H2,1-2H3. The summed E-state index contributed by atoms with van der Waals surface area (Å²) >= 11 is 0. The van der Waals surface area contributed by atoms with Gasteiger partial charge in [0, 0.05) is 13.6 Å². The number of nitriles is 1. The Balaban J connectivity index is 2.15. The highest BCUT2D eigenvalue weighted by Crippen LogP contribution is 2.16. The molecule has 3 nitrogen and oxygen atoms in total. The quantitative estimate of drug-likeness (QED) is 0.824. The van der Waals surface area contributed by atoms with Gasteiger partial charge >= 0.3 is 0 Å². The number of anilines is 1. The van der Waals surface area contributed by atoms with E-state index in [2.05, 4.69) is 28.9 Å². The lowest BCUT2D eigenvalue weighted by molar-refractivity contribution is 0.909. The molecule has 3 heteroatoms. The van der Waals surface area contributed by atoms with E-state index >= 15 is 0 Å². The van der Waals surface area contributed by atoms with Gasteiger partial charge in [-0.1, -0.05) is 24.3 Å². The SMILES string of the molecule is Cc1ccccc1CN(C)c1ccc(C#N)nc1. The minimum Gasteiger partial charge on any atom is -0.369 e. The summed E-state index contributed by atoms with van der Waals surface area (Å²) in [5.41, 5.74) is 4.04. The minimum absolute atomic E-state index is 0.447. The van der Waals surface area contributed by atoms with Crippen LogP contribution in [0.1, 0.15) is 16.8 Å². The van der Waals surface area contributed by atoms with Crippen molar-refractivity contribution in [2.75, 3.05) is 11.9 Å². The fourth-order valence-corrected chi connectivity index (χ4v) is 1.81. The molecule has 90 valence electrons. The molecule has 2 rings (SSSR count). The lowest BCUT2D eigenvalue weighted by atomic mass is 10.1. The van der Waals surface area contributed by atoms with Gasteiger partial charge in [0.15, 0.2) is 0 Å². The average molecular weight is 237 g/mol. The monoisotopic (exact) mass is 237 g/mol. The summed E-state index contributed by atoms with van der Waals surface area (Å²) in [6.07, 6.45) is 1.73. The summed E-state index contributed by atoms with van der Waals surface area (Å²) in [6, 6.07) is 14.0. The number of aryl methyl sites for hydroxylation is 1. The third-order valence-corrected chi connectivity index (χ3v) is 2.97. The highest BCUT2D eigenvalue weighted by molar-refractivity contribution is 5.46. The van der Waals surface area contributed by atoms with Crippen LogP contribution < -0.4 is 4.90 Å². The summed E-state index contributed by atoms with van der Waals surface area (Å²) in [5.74, 6) is 0. The molecular formula is C15H15N3. The molecule has 18 heavy (non-hydrogen) atoms. The first-order valence-electron chi connectivity index (χ1n) is 5.82. The van der Waals surface area contributed by atoms with Crippen LogP contribution in [-0.4, -0.2) is 12.0 Å². The maximum Gasteiger partial charge on any atom is 0.140 e. The highest BCUT2D eigenvalue weighted by Gasteiger charge is 2.04. The van der Waals surface area contributed by atoms with Crippen LogP contribution in [0.3, 0.4) is 0 Å². The second kappa shape index (κ2) is 5.33. The zero-order chi connectivity index (χ0) is 13.0. The Kier molecular flexibility index (Phi) is 3.59. The molecule has 0 aliphatic carbocycles. The van der Waals surface area contributed by atoms with E-state index in [-0.39, 0.29) is 0 Å². The molecule has 2 aromatic rings. The zero-order valence-corrected chi connectivity index (χ0v) is 10.6. The van der Waals surface area contributed by atoms with Crippen LogP contribution in [0.4, 0.5) is 5.69 Å². The van der Waals surface area contributed by atoms with Crippen LogP contribution in [0, 0.1) is 18.3 Å². The third kappa shape index (κ3) is 2.67. The largest absolute Gasteiger partial charge is 0.369 e. The van der Waals surface area contributed by atoms with Gasteiger partial charge in [-0.2, -0.15) is 5.26 Å². The maximum atomic E-state index is 8.71. The molecule has 0 saturated heterocycles. The zero-order valence-electron chi connectivity index (χ0n) is 10.6. The number of rotatable bonds is 3. The lowest BCUT2D eigenvalue weighted by Crippen LogP contribution is -2.17. The Morgan fingerprint density at radius 2 is 2.00 bits per heavy atom. The second-order valence-electron chi connectivity index (χ2n) is 4.30. The van der Waals surface area contributed by atoms with Gasteiger partial charge in [-0.3, -0.25) is 0 Å². The molecule has 0 saturated carbocycles. The van der Waals surface area contributed by atoms with Gasteiger partial charge in [0.2, 0.25) is 0 Å². The molecule has 1 aromatic heterocycles. The molecule has 0 unspecified atom stereocenters. The summed E-state index contributed by atoms with van der Waals surface area (Å²) < 4.78 is 0. The van der Waals surface area contributed by atoms with Crippen LogP contribution in [0.25, 0.3) is 0 Å². The Labute approximate surface area is 107 Å². The van der Waals surface area contributed by atoms with E-state index in [4.69, 9.17) is 5.26 Å². The number of aromatic nitrogens is 1. The van der Waals surface area contributed by atoms with Crippen LogP contribution in [0.2, 0.25) is 0 Å². The molecule has 0 aliphatic rings. The van der Waals surface area contributed by atoms with Crippen LogP contribution in [0.15, 0.2) is 42.6 Å². The fraction of sp³-hybridized carbons (Fsp3) is 0.200. The number of nitrogens with zero attached hydrogens (tertiary/aromatic N) is 3. The van der Waals surface area contributed by atoms with Crippen LogP contribution >= 0.6 is 0 Å². The van der Waals surface area contributed by atoms with Crippen LogP contribution in [-0.2, 0) is 6.54 Å². The highest BCUT2D eigenvalue weighted by atomic mass is 15.1. The van der Waals surface area contributed by atoms with Crippen molar-refractivity contribution in [3.63, 3.8) is 0 Å². The number of pyridine rings is 1. The van der Waals surface area contributed by atoms with Crippen molar-refractivity contribution in [3.8, 4) is 6.07 Å². The molecule has 0 aliphatic heterocycles. The molecule has 0 bridgehead atoms. The Bertz CT molecular complexity index is 567. The Morgan fingerprint density at radius 3 is 2.61 bits per heavy atom. The van der Waals surface area contributed by atoms with Crippen molar-refractivity contribution >= 4 is 5.69 Å². The van der Waals surface area contributed by atoms with Crippen molar-refractivity contribution in [1.82, 2.24) is 4.98 Å². The first kappa shape index (κ1) is 12.1. The van der Waals surface area contributed by atoms with E-state index in [9.17, 15) is 0 Å². The molecule has 0 fully saturated rings. The predicted molar refractivity (Wildman–Crippen MR) is 72.2 cm³/mol. The summed E-state index contributed by atoms with van der Waals surface area (Å²) in [5, 5.41) is 8.71. The van der Waals surface area contributed by atoms with Crippen molar-refractivity contribution in [2.24, 2.45) is 0 Å². The summed E-state index contributed by atoms with van der Waals surface area (Å²) in [6.45, 7) is 2.94. The van der Waals surface area contributed by atoms with E-state index in [1.54, 1.807) is 12.3 Å². The molecule has 0 spiro atoms. The van der Waals surface area contributed by atoms with Gasteiger partial charge in [-0.05, 0) is 30.2 Å². The average Bonchev–Trinajstić information content (AvgIpc) is 2.41. The number of hydrogen-bond acceptors (Lipinski definition) is 3. The molecule has 1 aromatic carbocycles. The summed E-state index contributed by atoms with van der Waals surface area (Å²) in [4.78, 5) is 6.20. The van der Waals surface area contributed by atoms with E-state index < -0.39 is 0 Å². The lowest BCUT2D eigenvalue weighted by Gasteiger charge is -2.20. The molecular weight excluding hydrogens is 222 g/mol. The van der Waals surface area contributed by atoms with E-state index in [0.29, 0.717) is 5.69 Å². The molecule has 1 heterocycles. The number of hydrogen-bond donors (Lipinski definition) is 0. The molecule has 0 atom stereocenters. The van der Waals surface area contributed by atoms with Gasteiger partial charge in [-0.25, -0.2) is 4.98 Å². The van der Waals surface area contributed by atoms with Gasteiger partial charge in [-0.15, -0.1) is 0 Å². The van der Waals surface area contributed by atoms with E-state index in [0.717, 1.165) is 12.2 Å². The molecule has 0 radical (unpaired) electrons. The second-order valence-corrected chi connectivity index (χ2v) is 4.30. The minimum atomic E-state index is 0.447. The van der Waals surface area contributed by atoms with Gasteiger partial charge in [0.25, 0.3) is 0 Å². The Hall–Kier alpha value is -2.34.